The highest BCUT2D eigenvalue weighted by molar-refractivity contribution is 5.39. The van der Waals surface area contributed by atoms with Gasteiger partial charge >= 0.3 is 0 Å². The molecule has 0 radical (unpaired) electrons. The van der Waals surface area contributed by atoms with Crippen LogP contribution in [0.3, 0.4) is 0 Å². The van der Waals surface area contributed by atoms with E-state index < -0.39 is 6.10 Å². The third kappa shape index (κ3) is 3.40. The van der Waals surface area contributed by atoms with Crippen LogP contribution in [0.15, 0.2) is 42.5 Å². The lowest BCUT2D eigenvalue weighted by Gasteiger charge is -2.15. The van der Waals surface area contributed by atoms with Gasteiger partial charge in [0.05, 0.1) is 6.61 Å². The maximum absolute atomic E-state index is 10.5. The molecule has 20 heavy (non-hydrogen) atoms. The molecule has 1 unspecified atom stereocenters. The Hall–Kier alpha value is -1.80. The molecule has 1 N–H and O–H groups in total. The molecule has 0 amide bonds. The molecule has 2 aromatic rings. The SMILES string of the molecule is CCCOc1ccc(C(O)c2ccc(C)cc2C)cc1. The molecule has 1 atom stereocenters. The molecule has 0 heterocycles. The Morgan fingerprint density at radius 1 is 1.05 bits per heavy atom. The lowest BCUT2D eigenvalue weighted by atomic mass is 9.96. The molecule has 0 aromatic heterocycles. The highest BCUT2D eigenvalue weighted by Gasteiger charge is 2.12. The quantitative estimate of drug-likeness (QED) is 0.883. The van der Waals surface area contributed by atoms with Gasteiger partial charge in [0.2, 0.25) is 0 Å². The third-order valence-corrected chi connectivity index (χ3v) is 3.39. The number of hydrogen-bond acceptors (Lipinski definition) is 2. The van der Waals surface area contributed by atoms with Crippen molar-refractivity contribution in [2.24, 2.45) is 0 Å². The molecule has 0 aliphatic heterocycles. The monoisotopic (exact) mass is 270 g/mol. The first-order valence-electron chi connectivity index (χ1n) is 7.09. The Bertz CT molecular complexity index is 558. The standard InChI is InChI=1S/C18H22O2/c1-4-11-20-16-8-6-15(7-9-16)18(19)17-10-5-13(2)12-14(17)3/h5-10,12,18-19H,4,11H2,1-3H3. The summed E-state index contributed by atoms with van der Waals surface area (Å²) in [5.41, 5.74) is 4.17. The predicted molar refractivity (Wildman–Crippen MR) is 82.2 cm³/mol. The fourth-order valence-electron chi connectivity index (χ4n) is 2.28. The molecule has 2 heteroatoms. The van der Waals surface area contributed by atoms with Crippen molar-refractivity contribution in [3.63, 3.8) is 0 Å². The topological polar surface area (TPSA) is 29.5 Å². The van der Waals surface area contributed by atoms with Gasteiger partial charge in [0.1, 0.15) is 11.9 Å². The Labute approximate surface area is 121 Å². The van der Waals surface area contributed by atoms with Crippen molar-refractivity contribution >= 4 is 0 Å². The molecule has 0 aliphatic rings. The number of rotatable bonds is 5. The molecule has 106 valence electrons. The summed E-state index contributed by atoms with van der Waals surface area (Å²) in [4.78, 5) is 0. The summed E-state index contributed by atoms with van der Waals surface area (Å²) in [5.74, 6) is 0.850. The van der Waals surface area contributed by atoms with Gasteiger partial charge < -0.3 is 9.84 Å². The average molecular weight is 270 g/mol. The van der Waals surface area contributed by atoms with E-state index >= 15 is 0 Å². The summed E-state index contributed by atoms with van der Waals surface area (Å²) in [7, 11) is 0. The normalized spacial score (nSPS) is 12.2. The number of aliphatic hydroxyl groups excluding tert-OH is 1. The minimum atomic E-state index is -0.587. The lowest BCUT2D eigenvalue weighted by Crippen LogP contribution is -2.02. The number of ether oxygens (including phenoxy) is 1. The summed E-state index contributed by atoms with van der Waals surface area (Å²) in [5, 5.41) is 10.5. The zero-order chi connectivity index (χ0) is 14.5. The summed E-state index contributed by atoms with van der Waals surface area (Å²) in [6, 6.07) is 13.8. The van der Waals surface area contributed by atoms with Crippen LogP contribution in [0.1, 0.15) is 41.7 Å². The van der Waals surface area contributed by atoms with E-state index in [9.17, 15) is 5.11 Å². The van der Waals surface area contributed by atoms with Crippen LogP contribution in [-0.4, -0.2) is 11.7 Å². The second-order valence-corrected chi connectivity index (χ2v) is 5.18. The first-order valence-corrected chi connectivity index (χ1v) is 7.09. The van der Waals surface area contributed by atoms with Crippen molar-refractivity contribution in [1.82, 2.24) is 0 Å². The van der Waals surface area contributed by atoms with E-state index in [0.29, 0.717) is 0 Å². The van der Waals surface area contributed by atoms with Crippen molar-refractivity contribution in [1.29, 1.82) is 0 Å². The zero-order valence-electron chi connectivity index (χ0n) is 12.4. The van der Waals surface area contributed by atoms with E-state index in [4.69, 9.17) is 4.74 Å². The molecule has 2 nitrogen and oxygen atoms in total. The van der Waals surface area contributed by atoms with Gasteiger partial charge in [0.25, 0.3) is 0 Å². The van der Waals surface area contributed by atoms with E-state index in [0.717, 1.165) is 35.5 Å². The van der Waals surface area contributed by atoms with Crippen LogP contribution in [0.4, 0.5) is 0 Å². The Kier molecular flexibility index (Phi) is 4.80. The first kappa shape index (κ1) is 14.6. The van der Waals surface area contributed by atoms with Crippen LogP contribution in [0, 0.1) is 13.8 Å². The van der Waals surface area contributed by atoms with Gasteiger partial charge in [0, 0.05) is 0 Å². The molecule has 0 fully saturated rings. The minimum absolute atomic E-state index is 0.587. The average Bonchev–Trinajstić information content (AvgIpc) is 2.45. The van der Waals surface area contributed by atoms with Crippen molar-refractivity contribution in [3.8, 4) is 5.75 Å². The second-order valence-electron chi connectivity index (χ2n) is 5.18. The minimum Gasteiger partial charge on any atom is -0.494 e. The maximum Gasteiger partial charge on any atom is 0.119 e. The lowest BCUT2D eigenvalue weighted by molar-refractivity contribution is 0.219. The number of hydrogen-bond donors (Lipinski definition) is 1. The predicted octanol–water partition coefficient (Wildman–Crippen LogP) is 4.17. The zero-order valence-corrected chi connectivity index (χ0v) is 12.4. The van der Waals surface area contributed by atoms with Gasteiger partial charge in [-0.05, 0) is 49.1 Å². The molecular formula is C18H22O2. The van der Waals surface area contributed by atoms with E-state index in [2.05, 4.69) is 19.9 Å². The molecule has 0 saturated heterocycles. The smallest absolute Gasteiger partial charge is 0.119 e. The van der Waals surface area contributed by atoms with Gasteiger partial charge in [-0.15, -0.1) is 0 Å². The van der Waals surface area contributed by atoms with Crippen LogP contribution in [-0.2, 0) is 0 Å². The van der Waals surface area contributed by atoms with Gasteiger partial charge in [-0.3, -0.25) is 0 Å². The van der Waals surface area contributed by atoms with Gasteiger partial charge in [-0.2, -0.15) is 0 Å². The Morgan fingerprint density at radius 2 is 1.75 bits per heavy atom. The molecule has 2 aromatic carbocycles. The molecular weight excluding hydrogens is 248 g/mol. The van der Waals surface area contributed by atoms with E-state index in [1.807, 2.05) is 43.3 Å². The summed E-state index contributed by atoms with van der Waals surface area (Å²) in [6.45, 7) is 6.89. The van der Waals surface area contributed by atoms with Gasteiger partial charge in [-0.1, -0.05) is 42.8 Å². The summed E-state index contributed by atoms with van der Waals surface area (Å²) < 4.78 is 5.55. The van der Waals surface area contributed by atoms with Crippen molar-refractivity contribution in [3.05, 3.63) is 64.7 Å². The molecule has 2 rings (SSSR count). The van der Waals surface area contributed by atoms with Gasteiger partial charge in [-0.25, -0.2) is 0 Å². The summed E-state index contributed by atoms with van der Waals surface area (Å²) >= 11 is 0. The Morgan fingerprint density at radius 3 is 2.35 bits per heavy atom. The van der Waals surface area contributed by atoms with Crippen LogP contribution in [0.25, 0.3) is 0 Å². The summed E-state index contributed by atoms with van der Waals surface area (Å²) in [6.07, 6.45) is 0.406. The molecule has 0 saturated carbocycles. The van der Waals surface area contributed by atoms with Crippen molar-refractivity contribution in [2.45, 2.75) is 33.3 Å². The highest BCUT2D eigenvalue weighted by atomic mass is 16.5. The van der Waals surface area contributed by atoms with E-state index in [1.165, 1.54) is 5.56 Å². The molecule has 0 aliphatic carbocycles. The largest absolute Gasteiger partial charge is 0.494 e. The van der Waals surface area contributed by atoms with Crippen LogP contribution in [0.5, 0.6) is 5.75 Å². The Balaban J connectivity index is 2.18. The first-order chi connectivity index (χ1) is 9.61. The second kappa shape index (κ2) is 6.58. The number of aliphatic hydroxyl groups is 1. The van der Waals surface area contributed by atoms with E-state index in [1.54, 1.807) is 0 Å². The maximum atomic E-state index is 10.5. The number of benzene rings is 2. The highest BCUT2D eigenvalue weighted by Crippen LogP contribution is 2.26. The molecule has 0 spiro atoms. The van der Waals surface area contributed by atoms with Crippen LogP contribution < -0.4 is 4.74 Å². The van der Waals surface area contributed by atoms with Crippen molar-refractivity contribution in [2.75, 3.05) is 6.61 Å². The fraction of sp³-hybridized carbons (Fsp3) is 0.333. The van der Waals surface area contributed by atoms with Crippen LogP contribution in [0.2, 0.25) is 0 Å². The van der Waals surface area contributed by atoms with E-state index in [-0.39, 0.29) is 0 Å². The number of aryl methyl sites for hydroxylation is 2. The fourth-order valence-corrected chi connectivity index (χ4v) is 2.28. The van der Waals surface area contributed by atoms with Gasteiger partial charge in [0.15, 0.2) is 0 Å². The third-order valence-electron chi connectivity index (χ3n) is 3.39. The van der Waals surface area contributed by atoms with Crippen LogP contribution >= 0.6 is 0 Å². The molecule has 0 bridgehead atoms. The van der Waals surface area contributed by atoms with Crippen molar-refractivity contribution < 1.29 is 9.84 Å².